The fraction of sp³-hybridized carbons (Fsp3) is 0.300. The van der Waals surface area contributed by atoms with Crippen LogP contribution >= 0.6 is 0 Å². The largest absolute Gasteiger partial charge is 0.481 e. The standard InChI is InChI=1S/C20H24N2O2/c1-14(2)18-10-8-17(9-11-18)13-21-22-20(23)16(4)24-19-7-5-6-15(3)12-19/h5-14,16H,1-4H3,(H,22,23)/b21-13+. The van der Waals surface area contributed by atoms with Gasteiger partial charge in [-0.1, -0.05) is 50.2 Å². The lowest BCUT2D eigenvalue weighted by atomic mass is 10.0. The van der Waals surface area contributed by atoms with Gasteiger partial charge in [0.2, 0.25) is 0 Å². The van der Waals surface area contributed by atoms with Crippen molar-refractivity contribution in [1.29, 1.82) is 0 Å². The van der Waals surface area contributed by atoms with Gasteiger partial charge in [0.1, 0.15) is 5.75 Å². The van der Waals surface area contributed by atoms with E-state index in [0.717, 1.165) is 11.1 Å². The maximum absolute atomic E-state index is 12.0. The minimum Gasteiger partial charge on any atom is -0.481 e. The minimum absolute atomic E-state index is 0.286. The van der Waals surface area contributed by atoms with Crippen LogP contribution in [0.1, 0.15) is 43.4 Å². The predicted molar refractivity (Wildman–Crippen MR) is 97.5 cm³/mol. The molecule has 2 rings (SSSR count). The Bertz CT molecular complexity index is 706. The Hall–Kier alpha value is -2.62. The molecule has 0 radical (unpaired) electrons. The van der Waals surface area contributed by atoms with E-state index in [9.17, 15) is 4.79 Å². The number of hydrazone groups is 1. The van der Waals surface area contributed by atoms with Crippen molar-refractivity contribution in [3.8, 4) is 5.75 Å². The summed E-state index contributed by atoms with van der Waals surface area (Å²) in [5.74, 6) is 0.882. The lowest BCUT2D eigenvalue weighted by Gasteiger charge is -2.13. The first-order valence-electron chi connectivity index (χ1n) is 8.12. The Morgan fingerprint density at radius 2 is 1.83 bits per heavy atom. The Morgan fingerprint density at radius 3 is 2.46 bits per heavy atom. The number of amides is 1. The number of hydrogen-bond acceptors (Lipinski definition) is 3. The van der Waals surface area contributed by atoms with Crippen LogP contribution in [0.3, 0.4) is 0 Å². The van der Waals surface area contributed by atoms with Crippen LogP contribution in [0.5, 0.6) is 5.75 Å². The molecule has 4 nitrogen and oxygen atoms in total. The molecule has 1 N–H and O–H groups in total. The number of benzene rings is 2. The van der Waals surface area contributed by atoms with Gasteiger partial charge in [0.05, 0.1) is 6.21 Å². The third-order valence-corrected chi connectivity index (χ3v) is 3.66. The van der Waals surface area contributed by atoms with Crippen molar-refractivity contribution in [2.75, 3.05) is 0 Å². The lowest BCUT2D eigenvalue weighted by Crippen LogP contribution is -2.33. The highest BCUT2D eigenvalue weighted by atomic mass is 16.5. The molecule has 1 atom stereocenters. The molecule has 2 aromatic carbocycles. The average Bonchev–Trinajstić information content (AvgIpc) is 2.55. The maximum Gasteiger partial charge on any atom is 0.280 e. The number of nitrogens with zero attached hydrogens (tertiary/aromatic N) is 1. The summed E-state index contributed by atoms with van der Waals surface area (Å²) in [6.45, 7) is 7.98. The fourth-order valence-electron chi connectivity index (χ4n) is 2.17. The SMILES string of the molecule is Cc1cccc(OC(C)C(=O)N/N=C/c2ccc(C(C)C)cc2)c1. The molecule has 1 unspecified atom stereocenters. The van der Waals surface area contributed by atoms with Crippen molar-refractivity contribution in [3.05, 3.63) is 65.2 Å². The predicted octanol–water partition coefficient (Wildman–Crippen LogP) is 4.04. The van der Waals surface area contributed by atoms with Gasteiger partial charge in [0.15, 0.2) is 6.10 Å². The summed E-state index contributed by atoms with van der Waals surface area (Å²) in [5, 5.41) is 3.99. The summed E-state index contributed by atoms with van der Waals surface area (Å²) in [7, 11) is 0. The third-order valence-electron chi connectivity index (χ3n) is 3.66. The van der Waals surface area contributed by atoms with Crippen molar-refractivity contribution in [2.45, 2.75) is 39.7 Å². The number of nitrogens with one attached hydrogen (secondary N) is 1. The van der Waals surface area contributed by atoms with Crippen molar-refractivity contribution >= 4 is 12.1 Å². The topological polar surface area (TPSA) is 50.7 Å². The number of hydrogen-bond donors (Lipinski definition) is 1. The minimum atomic E-state index is -0.618. The van der Waals surface area contributed by atoms with Gasteiger partial charge < -0.3 is 4.74 Å². The second-order valence-corrected chi connectivity index (χ2v) is 6.13. The van der Waals surface area contributed by atoms with E-state index >= 15 is 0 Å². The lowest BCUT2D eigenvalue weighted by molar-refractivity contribution is -0.127. The van der Waals surface area contributed by atoms with Crippen molar-refractivity contribution < 1.29 is 9.53 Å². The molecular weight excluding hydrogens is 300 g/mol. The zero-order valence-electron chi connectivity index (χ0n) is 14.6. The highest BCUT2D eigenvalue weighted by molar-refractivity contribution is 5.84. The van der Waals surface area contributed by atoms with E-state index in [1.54, 1.807) is 13.1 Å². The molecule has 0 aliphatic carbocycles. The van der Waals surface area contributed by atoms with Crippen LogP contribution in [0, 0.1) is 6.92 Å². The van der Waals surface area contributed by atoms with E-state index in [1.807, 2.05) is 43.3 Å². The molecule has 4 heteroatoms. The Balaban J connectivity index is 1.87. The van der Waals surface area contributed by atoms with E-state index in [-0.39, 0.29) is 5.91 Å². The fourth-order valence-corrected chi connectivity index (χ4v) is 2.17. The third kappa shape index (κ3) is 5.23. The quantitative estimate of drug-likeness (QED) is 0.644. The van der Waals surface area contributed by atoms with Crippen LogP contribution in [0.15, 0.2) is 53.6 Å². The first kappa shape index (κ1) is 17.7. The number of ether oxygens (including phenoxy) is 1. The van der Waals surface area contributed by atoms with Gasteiger partial charge in [-0.3, -0.25) is 4.79 Å². The molecule has 0 fully saturated rings. The molecular formula is C20H24N2O2. The first-order chi connectivity index (χ1) is 11.5. The number of carbonyl (C=O) groups is 1. The van der Waals surface area contributed by atoms with E-state index in [2.05, 4.69) is 36.5 Å². The van der Waals surface area contributed by atoms with Crippen LogP contribution in [0.25, 0.3) is 0 Å². The number of carbonyl (C=O) groups excluding carboxylic acids is 1. The molecule has 2 aromatic rings. The Morgan fingerprint density at radius 1 is 1.12 bits per heavy atom. The smallest absolute Gasteiger partial charge is 0.280 e. The maximum atomic E-state index is 12.0. The Kier molecular flexibility index (Phi) is 6.13. The molecule has 0 heterocycles. The van der Waals surface area contributed by atoms with E-state index in [4.69, 9.17) is 4.74 Å². The zero-order chi connectivity index (χ0) is 17.5. The van der Waals surface area contributed by atoms with Gasteiger partial charge in [-0.05, 0) is 48.6 Å². The number of aryl methyl sites for hydroxylation is 1. The van der Waals surface area contributed by atoms with Crippen LogP contribution in [0.2, 0.25) is 0 Å². The highest BCUT2D eigenvalue weighted by Gasteiger charge is 2.13. The molecule has 24 heavy (non-hydrogen) atoms. The molecule has 0 spiro atoms. The molecule has 0 aliphatic rings. The monoisotopic (exact) mass is 324 g/mol. The van der Waals surface area contributed by atoms with Crippen LogP contribution in [-0.4, -0.2) is 18.2 Å². The van der Waals surface area contributed by atoms with Crippen LogP contribution in [0.4, 0.5) is 0 Å². The highest BCUT2D eigenvalue weighted by Crippen LogP contribution is 2.15. The van der Waals surface area contributed by atoms with Gasteiger partial charge in [-0.25, -0.2) is 5.43 Å². The van der Waals surface area contributed by atoms with E-state index < -0.39 is 6.10 Å². The van der Waals surface area contributed by atoms with E-state index in [0.29, 0.717) is 11.7 Å². The summed E-state index contributed by atoms with van der Waals surface area (Å²) < 4.78 is 5.62. The summed E-state index contributed by atoms with van der Waals surface area (Å²) in [6, 6.07) is 15.7. The molecule has 0 aromatic heterocycles. The van der Waals surface area contributed by atoms with Crippen LogP contribution < -0.4 is 10.2 Å². The second-order valence-electron chi connectivity index (χ2n) is 6.13. The second kappa shape index (κ2) is 8.29. The normalized spacial score (nSPS) is 12.4. The summed E-state index contributed by atoms with van der Waals surface area (Å²) in [4.78, 5) is 12.0. The summed E-state index contributed by atoms with van der Waals surface area (Å²) in [6.07, 6.45) is 1.01. The molecule has 0 saturated carbocycles. The Labute approximate surface area is 143 Å². The van der Waals surface area contributed by atoms with Gasteiger partial charge in [-0.2, -0.15) is 5.10 Å². The molecule has 1 amide bonds. The van der Waals surface area contributed by atoms with Crippen LogP contribution in [-0.2, 0) is 4.79 Å². The van der Waals surface area contributed by atoms with Gasteiger partial charge in [-0.15, -0.1) is 0 Å². The molecule has 0 saturated heterocycles. The molecule has 0 aliphatic heterocycles. The van der Waals surface area contributed by atoms with E-state index in [1.165, 1.54) is 5.56 Å². The van der Waals surface area contributed by atoms with Gasteiger partial charge in [0.25, 0.3) is 5.91 Å². The number of rotatable bonds is 6. The van der Waals surface area contributed by atoms with Crippen molar-refractivity contribution in [1.82, 2.24) is 5.43 Å². The molecule has 126 valence electrons. The van der Waals surface area contributed by atoms with Crippen molar-refractivity contribution in [2.24, 2.45) is 5.10 Å². The summed E-state index contributed by atoms with van der Waals surface area (Å²) >= 11 is 0. The average molecular weight is 324 g/mol. The first-order valence-corrected chi connectivity index (χ1v) is 8.12. The van der Waals surface area contributed by atoms with Gasteiger partial charge in [0, 0.05) is 0 Å². The van der Waals surface area contributed by atoms with Crippen molar-refractivity contribution in [3.63, 3.8) is 0 Å². The van der Waals surface area contributed by atoms with Gasteiger partial charge >= 0.3 is 0 Å². The summed E-state index contributed by atoms with van der Waals surface area (Å²) in [5.41, 5.74) is 5.81. The molecule has 0 bridgehead atoms. The zero-order valence-corrected chi connectivity index (χ0v) is 14.6.